The van der Waals surface area contributed by atoms with Crippen molar-refractivity contribution < 1.29 is 4.74 Å². The van der Waals surface area contributed by atoms with Crippen LogP contribution in [0.5, 0.6) is 5.88 Å². The molecule has 0 saturated carbocycles. The number of hydrogen-bond acceptors (Lipinski definition) is 3. The van der Waals surface area contributed by atoms with Crippen molar-refractivity contribution >= 4 is 11.6 Å². The Morgan fingerprint density at radius 2 is 2.00 bits per heavy atom. The molecule has 0 saturated heterocycles. The van der Waals surface area contributed by atoms with Crippen LogP contribution in [-0.4, -0.2) is 17.6 Å². The molecule has 0 bridgehead atoms. The second kappa shape index (κ2) is 8.91. The second-order valence-corrected chi connectivity index (χ2v) is 5.87. The van der Waals surface area contributed by atoms with Gasteiger partial charge in [-0.3, -0.25) is 0 Å². The van der Waals surface area contributed by atoms with E-state index in [2.05, 4.69) is 42.1 Å². The summed E-state index contributed by atoms with van der Waals surface area (Å²) in [6.45, 7) is 7.34. The molecule has 1 aromatic heterocycles. The molecule has 0 fully saturated rings. The van der Waals surface area contributed by atoms with Crippen LogP contribution < -0.4 is 15.8 Å². The van der Waals surface area contributed by atoms with Gasteiger partial charge >= 0.3 is 0 Å². The fourth-order valence-corrected chi connectivity index (χ4v) is 2.39. The fraction of sp³-hybridized carbons (Fsp3) is 0.368. The number of aromatic nitrogens is 1. The molecule has 0 spiro atoms. The Morgan fingerprint density at radius 1 is 1.25 bits per heavy atom. The van der Waals surface area contributed by atoms with Crippen molar-refractivity contribution in [3.8, 4) is 5.88 Å². The summed E-state index contributed by atoms with van der Waals surface area (Å²) in [6.07, 6.45) is 3.83. The largest absolute Gasteiger partial charge is 0.477 e. The van der Waals surface area contributed by atoms with E-state index in [1.165, 1.54) is 11.1 Å². The summed E-state index contributed by atoms with van der Waals surface area (Å²) in [5, 5.41) is 3.13. The average molecular weight is 326 g/mol. The first-order valence-corrected chi connectivity index (χ1v) is 8.30. The normalized spacial score (nSPS) is 11.4. The van der Waals surface area contributed by atoms with Gasteiger partial charge in [-0.15, -0.1) is 0 Å². The zero-order valence-electron chi connectivity index (χ0n) is 14.7. The number of anilines is 1. The maximum Gasteiger partial charge on any atom is 0.218 e. The highest BCUT2D eigenvalue weighted by Crippen LogP contribution is 2.16. The highest BCUT2D eigenvalue weighted by Gasteiger charge is 2.04. The number of ether oxygens (including phenoxy) is 1. The summed E-state index contributed by atoms with van der Waals surface area (Å²) in [5.41, 5.74) is 10.2. The van der Waals surface area contributed by atoms with Crippen molar-refractivity contribution in [3.05, 3.63) is 53.2 Å². The first-order chi connectivity index (χ1) is 11.6. The molecule has 5 heteroatoms. The quantitative estimate of drug-likeness (QED) is 0.461. The van der Waals surface area contributed by atoms with Crippen molar-refractivity contribution in [2.75, 3.05) is 11.9 Å². The van der Waals surface area contributed by atoms with Crippen molar-refractivity contribution in [2.45, 2.75) is 40.2 Å². The van der Waals surface area contributed by atoms with E-state index in [-0.39, 0.29) is 0 Å². The van der Waals surface area contributed by atoms with E-state index < -0.39 is 0 Å². The number of benzene rings is 1. The van der Waals surface area contributed by atoms with Gasteiger partial charge in [0.05, 0.1) is 13.2 Å². The summed E-state index contributed by atoms with van der Waals surface area (Å²) in [5.74, 6) is 1.01. The molecule has 1 heterocycles. The molecule has 2 rings (SSSR count). The van der Waals surface area contributed by atoms with Crippen LogP contribution >= 0.6 is 0 Å². The maximum absolute atomic E-state index is 6.00. The summed E-state index contributed by atoms with van der Waals surface area (Å²) in [7, 11) is 0. The molecule has 5 nitrogen and oxygen atoms in total. The number of nitrogens with zero attached hydrogens (tertiary/aromatic N) is 2. The number of unbranched alkanes of at least 4 members (excludes halogenated alkanes) is 1. The van der Waals surface area contributed by atoms with Crippen LogP contribution in [0.4, 0.5) is 5.69 Å². The number of nitrogens with two attached hydrogens (primary N) is 1. The number of nitrogens with one attached hydrogen (secondary N) is 1. The van der Waals surface area contributed by atoms with Crippen LogP contribution in [0.25, 0.3) is 0 Å². The van der Waals surface area contributed by atoms with Gasteiger partial charge in [0.15, 0.2) is 5.96 Å². The van der Waals surface area contributed by atoms with Gasteiger partial charge in [0.1, 0.15) is 0 Å². The first kappa shape index (κ1) is 17.8. The molecule has 0 aliphatic rings. The van der Waals surface area contributed by atoms with Gasteiger partial charge in [-0.2, -0.15) is 0 Å². The van der Waals surface area contributed by atoms with Crippen molar-refractivity contribution in [1.82, 2.24) is 4.98 Å². The van der Waals surface area contributed by atoms with Gasteiger partial charge in [0, 0.05) is 17.4 Å². The van der Waals surface area contributed by atoms with Crippen LogP contribution in [0.3, 0.4) is 0 Å². The molecule has 0 radical (unpaired) electrons. The topological polar surface area (TPSA) is 72.5 Å². The Labute approximate surface area is 144 Å². The molecule has 24 heavy (non-hydrogen) atoms. The molecular formula is C19H26N4O. The van der Waals surface area contributed by atoms with Gasteiger partial charge in [-0.1, -0.05) is 25.5 Å². The lowest BCUT2D eigenvalue weighted by molar-refractivity contribution is 0.294. The van der Waals surface area contributed by atoms with Crippen LogP contribution in [0.2, 0.25) is 0 Å². The van der Waals surface area contributed by atoms with Gasteiger partial charge in [0.2, 0.25) is 5.88 Å². The Balaban J connectivity index is 2.01. The number of pyridine rings is 1. The molecule has 0 unspecified atom stereocenters. The molecule has 0 aliphatic heterocycles. The van der Waals surface area contributed by atoms with Gasteiger partial charge in [-0.25, -0.2) is 9.98 Å². The monoisotopic (exact) mass is 326 g/mol. The van der Waals surface area contributed by atoms with Crippen LogP contribution in [-0.2, 0) is 6.54 Å². The number of aliphatic imine (C=N–C) groups is 1. The van der Waals surface area contributed by atoms with E-state index >= 15 is 0 Å². The van der Waals surface area contributed by atoms with Gasteiger partial charge < -0.3 is 15.8 Å². The predicted molar refractivity (Wildman–Crippen MR) is 99.5 cm³/mol. The highest BCUT2D eigenvalue weighted by molar-refractivity contribution is 5.92. The minimum absolute atomic E-state index is 0.378. The van der Waals surface area contributed by atoms with Crippen molar-refractivity contribution in [1.29, 1.82) is 0 Å². The Kier molecular flexibility index (Phi) is 6.61. The highest BCUT2D eigenvalue weighted by atomic mass is 16.5. The SMILES string of the molecule is CCCCOc1ncccc1CN=C(N)Nc1cc(C)cc(C)c1. The minimum atomic E-state index is 0.378. The third kappa shape index (κ3) is 5.57. The smallest absolute Gasteiger partial charge is 0.218 e. The summed E-state index contributed by atoms with van der Waals surface area (Å²) >= 11 is 0. The molecule has 3 N–H and O–H groups in total. The molecule has 128 valence electrons. The zero-order chi connectivity index (χ0) is 17.4. The lowest BCUT2D eigenvalue weighted by Gasteiger charge is -2.10. The number of aryl methyl sites for hydroxylation is 2. The van der Waals surface area contributed by atoms with E-state index in [4.69, 9.17) is 10.5 Å². The maximum atomic E-state index is 6.00. The zero-order valence-corrected chi connectivity index (χ0v) is 14.7. The Morgan fingerprint density at radius 3 is 2.71 bits per heavy atom. The third-order valence-electron chi connectivity index (χ3n) is 3.50. The standard InChI is InChI=1S/C19H26N4O/c1-4-5-9-24-18-16(7-6-8-21-18)13-22-19(20)23-17-11-14(2)10-15(3)12-17/h6-8,10-12H,4-5,9,13H2,1-3H3,(H3,20,22,23). The number of hydrogen-bond donors (Lipinski definition) is 2. The molecular weight excluding hydrogens is 300 g/mol. The number of guanidine groups is 1. The lowest BCUT2D eigenvalue weighted by Crippen LogP contribution is -2.22. The molecule has 0 atom stereocenters. The summed E-state index contributed by atoms with van der Waals surface area (Å²) in [4.78, 5) is 8.68. The van der Waals surface area contributed by atoms with Gasteiger partial charge in [-0.05, 0) is 49.6 Å². The summed E-state index contributed by atoms with van der Waals surface area (Å²) in [6, 6.07) is 10.0. The van der Waals surface area contributed by atoms with Crippen LogP contribution in [0.1, 0.15) is 36.5 Å². The fourth-order valence-electron chi connectivity index (χ4n) is 2.39. The van der Waals surface area contributed by atoms with Crippen LogP contribution in [0.15, 0.2) is 41.5 Å². The Hall–Kier alpha value is -2.56. The molecule has 0 aliphatic carbocycles. The van der Waals surface area contributed by atoms with E-state index in [0.717, 1.165) is 24.1 Å². The van der Waals surface area contributed by atoms with Gasteiger partial charge in [0.25, 0.3) is 0 Å². The summed E-state index contributed by atoms with van der Waals surface area (Å²) < 4.78 is 5.72. The molecule has 2 aromatic rings. The predicted octanol–water partition coefficient (Wildman–Crippen LogP) is 3.80. The van der Waals surface area contributed by atoms with Crippen LogP contribution in [0, 0.1) is 13.8 Å². The first-order valence-electron chi connectivity index (χ1n) is 8.30. The van der Waals surface area contributed by atoms with E-state index in [9.17, 15) is 0 Å². The van der Waals surface area contributed by atoms with E-state index in [0.29, 0.717) is 25.0 Å². The average Bonchev–Trinajstić information content (AvgIpc) is 2.53. The van der Waals surface area contributed by atoms with Crippen molar-refractivity contribution in [3.63, 3.8) is 0 Å². The minimum Gasteiger partial charge on any atom is -0.477 e. The van der Waals surface area contributed by atoms with Crippen molar-refractivity contribution in [2.24, 2.45) is 10.7 Å². The number of rotatable bonds is 7. The molecule has 1 aromatic carbocycles. The second-order valence-electron chi connectivity index (χ2n) is 5.87. The third-order valence-corrected chi connectivity index (χ3v) is 3.50. The molecule has 0 amide bonds. The van der Waals surface area contributed by atoms with E-state index in [1.54, 1.807) is 6.20 Å². The van der Waals surface area contributed by atoms with E-state index in [1.807, 2.05) is 24.3 Å². The lowest BCUT2D eigenvalue weighted by atomic mass is 10.1. The Bertz CT molecular complexity index is 677.